The Bertz CT molecular complexity index is 1610. The number of hydrogen-bond donors (Lipinski definition) is 3. The lowest BCUT2D eigenvalue weighted by Crippen LogP contribution is -2.38. The Hall–Kier alpha value is -4.48. The highest BCUT2D eigenvalue weighted by molar-refractivity contribution is 7.07. The van der Waals surface area contributed by atoms with Gasteiger partial charge in [0.1, 0.15) is 28.1 Å². The van der Waals surface area contributed by atoms with Gasteiger partial charge in [-0.05, 0) is 37.3 Å². The maximum absolute atomic E-state index is 12.7. The van der Waals surface area contributed by atoms with E-state index in [0.29, 0.717) is 24.5 Å². The number of nitrogens with one attached hydrogen (secondary N) is 3. The van der Waals surface area contributed by atoms with Crippen molar-refractivity contribution in [2.45, 2.75) is 19.6 Å². The van der Waals surface area contributed by atoms with Gasteiger partial charge in [-0.3, -0.25) is 19.0 Å². The van der Waals surface area contributed by atoms with Gasteiger partial charge in [0.2, 0.25) is 11.8 Å². The first-order valence-corrected chi connectivity index (χ1v) is 13.1. The van der Waals surface area contributed by atoms with Gasteiger partial charge in [-0.2, -0.15) is 13.2 Å². The van der Waals surface area contributed by atoms with Crippen LogP contribution in [0.1, 0.15) is 6.92 Å². The number of amides is 2. The van der Waals surface area contributed by atoms with Crippen molar-refractivity contribution >= 4 is 52.0 Å². The van der Waals surface area contributed by atoms with Gasteiger partial charge in [0.25, 0.3) is 5.56 Å². The molecule has 0 fully saturated rings. The molecule has 4 rings (SSSR count). The molecule has 0 aliphatic carbocycles. The number of benzene rings is 2. The van der Waals surface area contributed by atoms with E-state index in [1.165, 1.54) is 10.8 Å². The highest BCUT2D eigenvalue weighted by Crippen LogP contribution is 2.30. The largest absolute Gasteiger partial charge is 0.490 e. The highest BCUT2D eigenvalue weighted by Gasteiger charge is 2.27. The van der Waals surface area contributed by atoms with Crippen LogP contribution in [0, 0.1) is 0 Å². The number of halogens is 3. The average molecular weight is 574 g/mol. The summed E-state index contributed by atoms with van der Waals surface area (Å²) in [6.45, 7) is 1.68. The van der Waals surface area contributed by atoms with Gasteiger partial charge >= 0.3 is 6.18 Å². The van der Waals surface area contributed by atoms with Crippen LogP contribution in [0.5, 0.6) is 5.75 Å². The van der Waals surface area contributed by atoms with Crippen LogP contribution in [0.3, 0.4) is 0 Å². The number of alkyl halides is 3. The molecule has 13 heteroatoms. The molecule has 40 heavy (non-hydrogen) atoms. The average Bonchev–Trinajstić information content (AvgIpc) is 3.21. The van der Waals surface area contributed by atoms with Crippen LogP contribution in [0.2, 0.25) is 0 Å². The number of thiazole rings is 1. The Morgan fingerprint density at radius 2 is 1.93 bits per heavy atom. The second kappa shape index (κ2) is 12.6. The molecule has 2 aromatic carbocycles. The Morgan fingerprint density at radius 1 is 1.15 bits per heavy atom. The number of anilines is 3. The third kappa shape index (κ3) is 7.55. The summed E-state index contributed by atoms with van der Waals surface area (Å²) in [5, 5.41) is 7.61. The number of carbonyl (C=O) groups excluding carboxylic acids is 2. The highest BCUT2D eigenvalue weighted by atomic mass is 32.1. The third-order valence-corrected chi connectivity index (χ3v) is 6.74. The van der Waals surface area contributed by atoms with Crippen LogP contribution >= 0.6 is 11.3 Å². The molecule has 0 bridgehead atoms. The van der Waals surface area contributed by atoms with Crippen LogP contribution in [0.15, 0.2) is 59.5 Å². The molecule has 2 heterocycles. The molecule has 9 nitrogen and oxygen atoms in total. The van der Waals surface area contributed by atoms with Crippen molar-refractivity contribution in [2.24, 2.45) is 0 Å². The van der Waals surface area contributed by atoms with E-state index >= 15 is 0 Å². The summed E-state index contributed by atoms with van der Waals surface area (Å²) in [6.07, 6.45) is -2.17. The van der Waals surface area contributed by atoms with Crippen molar-refractivity contribution in [1.82, 2.24) is 9.88 Å². The molecular weight excluding hydrogens is 547 g/mol. The Kier molecular flexibility index (Phi) is 8.97. The molecule has 0 radical (unpaired) electrons. The second-order valence-corrected chi connectivity index (χ2v) is 9.63. The minimum Gasteiger partial charge on any atom is -0.490 e. The fourth-order valence-corrected chi connectivity index (χ4v) is 4.92. The van der Waals surface area contributed by atoms with Crippen molar-refractivity contribution in [3.05, 3.63) is 74.3 Å². The fourth-order valence-electron chi connectivity index (χ4n) is 3.91. The van der Waals surface area contributed by atoms with Crippen molar-refractivity contribution in [3.8, 4) is 5.75 Å². The molecule has 1 aromatic heterocycles. The van der Waals surface area contributed by atoms with E-state index in [9.17, 15) is 27.6 Å². The normalized spacial score (nSPS) is 13.1. The summed E-state index contributed by atoms with van der Waals surface area (Å²) in [7, 11) is 0. The first-order valence-electron chi connectivity index (χ1n) is 12.3. The first-order chi connectivity index (χ1) is 19.1. The molecular formula is C27H26F3N5O4S. The monoisotopic (exact) mass is 573 g/mol. The maximum atomic E-state index is 12.7. The van der Waals surface area contributed by atoms with Crippen molar-refractivity contribution in [2.75, 3.05) is 41.8 Å². The number of nitrogens with zero attached hydrogens (tertiary/aromatic N) is 2. The number of carbonyl (C=O) groups is 2. The van der Waals surface area contributed by atoms with Crippen LogP contribution in [0.4, 0.5) is 30.2 Å². The van der Waals surface area contributed by atoms with Crippen LogP contribution in [-0.2, 0) is 16.1 Å². The standard InChI is InChI=1S/C27H26F3N5O4S/c1-2-35-25(15-23(36)32-17-27(28,29)30)40-22(26(35)38)10-11-31-18-6-5-7-19(14-18)33-24(37)16-34-12-13-39-21-9-4-3-8-20(21)34/h3-9,11,14-15,31H,2,12-13,16-17H2,1H3,(H,32,36)(H,33,37)/b25-15-. The molecule has 210 valence electrons. The van der Waals surface area contributed by atoms with Crippen LogP contribution < -0.4 is 40.3 Å². The van der Waals surface area contributed by atoms with E-state index in [2.05, 4.69) is 16.4 Å². The SMILES string of the molecule is CCn1c(=O)c(=C=CNc2cccc(NC(=O)CN3CCOc4ccccc43)c2)s/c1=C\C(=O)NCC(F)(F)F. The van der Waals surface area contributed by atoms with E-state index in [4.69, 9.17) is 4.74 Å². The molecule has 3 aromatic rings. The molecule has 3 N–H and O–H groups in total. The molecule has 1 aliphatic heterocycles. The van der Waals surface area contributed by atoms with Gasteiger partial charge < -0.3 is 25.6 Å². The van der Waals surface area contributed by atoms with Gasteiger partial charge in [0.05, 0.1) is 18.8 Å². The summed E-state index contributed by atoms with van der Waals surface area (Å²) in [4.78, 5) is 39.2. The summed E-state index contributed by atoms with van der Waals surface area (Å²) >= 11 is 0.931. The summed E-state index contributed by atoms with van der Waals surface area (Å²) in [5.41, 5.74) is 4.44. The third-order valence-electron chi connectivity index (χ3n) is 5.69. The molecule has 2 amide bonds. The van der Waals surface area contributed by atoms with Crippen LogP contribution in [-0.4, -0.2) is 48.8 Å². The zero-order valence-electron chi connectivity index (χ0n) is 21.4. The fraction of sp³-hybridized carbons (Fsp3) is 0.259. The molecule has 0 atom stereocenters. The van der Waals surface area contributed by atoms with E-state index in [-0.39, 0.29) is 28.2 Å². The second-order valence-electron chi connectivity index (χ2n) is 8.60. The minimum atomic E-state index is -4.54. The Morgan fingerprint density at radius 3 is 2.70 bits per heavy atom. The molecule has 0 spiro atoms. The molecule has 0 saturated heterocycles. The zero-order chi connectivity index (χ0) is 28.7. The van der Waals surface area contributed by atoms with E-state index in [0.717, 1.165) is 28.8 Å². The van der Waals surface area contributed by atoms with E-state index in [1.54, 1.807) is 36.5 Å². The molecule has 1 aliphatic rings. The number of aromatic nitrogens is 1. The summed E-state index contributed by atoms with van der Waals surface area (Å²) < 4.78 is 44.3. The van der Waals surface area contributed by atoms with Gasteiger partial charge in [-0.1, -0.05) is 23.9 Å². The van der Waals surface area contributed by atoms with E-state index < -0.39 is 24.2 Å². The van der Waals surface area contributed by atoms with Crippen molar-refractivity contribution in [3.63, 3.8) is 0 Å². The topological polar surface area (TPSA) is 105 Å². The summed E-state index contributed by atoms with van der Waals surface area (Å²) in [5.74, 6) is -0.411. The van der Waals surface area contributed by atoms with Crippen molar-refractivity contribution in [1.29, 1.82) is 0 Å². The van der Waals surface area contributed by atoms with Gasteiger partial charge in [0.15, 0.2) is 0 Å². The van der Waals surface area contributed by atoms with E-state index in [1.807, 2.05) is 29.2 Å². The first kappa shape index (κ1) is 28.5. The number of rotatable bonds is 8. The molecule has 0 unspecified atom stereocenters. The lowest BCUT2D eigenvalue weighted by atomic mass is 10.2. The predicted octanol–water partition coefficient (Wildman–Crippen LogP) is 2.23. The minimum absolute atomic E-state index is 0.154. The Balaban J connectivity index is 1.44. The van der Waals surface area contributed by atoms with Gasteiger partial charge in [-0.25, -0.2) is 0 Å². The number of fused-ring (bicyclic) bond motifs is 1. The summed E-state index contributed by atoms with van der Waals surface area (Å²) in [6, 6.07) is 14.5. The molecule has 0 saturated carbocycles. The van der Waals surface area contributed by atoms with Crippen molar-refractivity contribution < 1.29 is 27.5 Å². The van der Waals surface area contributed by atoms with Gasteiger partial charge in [-0.15, -0.1) is 11.3 Å². The van der Waals surface area contributed by atoms with Gasteiger partial charge in [0, 0.05) is 30.2 Å². The zero-order valence-corrected chi connectivity index (χ0v) is 22.2. The number of hydrogen-bond acceptors (Lipinski definition) is 7. The number of para-hydroxylation sites is 2. The number of ether oxygens (including phenoxy) is 1. The quantitative estimate of drug-likeness (QED) is 0.382. The lowest BCUT2D eigenvalue weighted by Gasteiger charge is -2.30. The Labute approximate surface area is 230 Å². The lowest BCUT2D eigenvalue weighted by molar-refractivity contribution is -0.135. The van der Waals surface area contributed by atoms with Crippen LogP contribution in [0.25, 0.3) is 11.8 Å². The predicted molar refractivity (Wildman–Crippen MR) is 148 cm³/mol. The smallest absolute Gasteiger partial charge is 0.405 e. The maximum Gasteiger partial charge on any atom is 0.405 e.